The molecule has 0 fully saturated rings. The van der Waals surface area contributed by atoms with Crippen LogP contribution in [-0.4, -0.2) is 29.2 Å². The molecule has 1 aromatic heterocycles. The van der Waals surface area contributed by atoms with Gasteiger partial charge in [-0.3, -0.25) is 9.48 Å². The number of nitrogens with zero attached hydrogens (tertiary/aromatic N) is 2. The van der Waals surface area contributed by atoms with Crippen LogP contribution in [0.15, 0.2) is 24.4 Å². The summed E-state index contributed by atoms with van der Waals surface area (Å²) in [5, 5.41) is 7.43. The number of aryl methyl sites for hydroxylation is 1. The molecule has 0 saturated heterocycles. The first kappa shape index (κ1) is 12.9. The minimum absolute atomic E-state index is 0.0272. The van der Waals surface area contributed by atoms with Crippen molar-refractivity contribution in [3.8, 4) is 5.75 Å². The zero-order valence-electron chi connectivity index (χ0n) is 11.6. The standard InChI is InChI=1S/C15H17N3O2/c1-18-14(13(20-2)9-17-18)15(19)12-5-3-4-10-8-16-7-6-11(10)12/h3-5,9,16H,6-8H2,1-2H3. The number of benzene rings is 1. The van der Waals surface area contributed by atoms with Gasteiger partial charge in [0.25, 0.3) is 0 Å². The Balaban J connectivity index is 2.09. The Hall–Kier alpha value is -2.14. The Kier molecular flexibility index (Phi) is 3.28. The minimum Gasteiger partial charge on any atom is -0.493 e. The maximum Gasteiger partial charge on any atom is 0.215 e. The number of carbonyl (C=O) groups excluding carboxylic acids is 1. The molecule has 20 heavy (non-hydrogen) atoms. The highest BCUT2D eigenvalue weighted by molar-refractivity contribution is 6.10. The van der Waals surface area contributed by atoms with Crippen molar-refractivity contribution in [2.75, 3.05) is 13.7 Å². The Bertz CT molecular complexity index is 661. The number of aromatic nitrogens is 2. The SMILES string of the molecule is COc1cnn(C)c1C(=O)c1cccc2c1CCNC2. The molecule has 5 heteroatoms. The van der Waals surface area contributed by atoms with Gasteiger partial charge >= 0.3 is 0 Å². The lowest BCUT2D eigenvalue weighted by Gasteiger charge is -2.19. The van der Waals surface area contributed by atoms with E-state index >= 15 is 0 Å². The number of hydrogen-bond donors (Lipinski definition) is 1. The molecule has 104 valence electrons. The lowest BCUT2D eigenvalue weighted by Crippen LogP contribution is -2.26. The van der Waals surface area contributed by atoms with E-state index in [0.29, 0.717) is 11.4 Å². The highest BCUT2D eigenvalue weighted by Gasteiger charge is 2.23. The highest BCUT2D eigenvalue weighted by atomic mass is 16.5. The third-order valence-electron chi connectivity index (χ3n) is 3.73. The summed E-state index contributed by atoms with van der Waals surface area (Å²) < 4.78 is 6.81. The number of hydrogen-bond acceptors (Lipinski definition) is 4. The van der Waals surface area contributed by atoms with Gasteiger partial charge in [-0.2, -0.15) is 5.10 Å². The first-order valence-electron chi connectivity index (χ1n) is 6.64. The van der Waals surface area contributed by atoms with Crippen LogP contribution in [0.2, 0.25) is 0 Å². The van der Waals surface area contributed by atoms with Gasteiger partial charge in [0.2, 0.25) is 5.78 Å². The third kappa shape index (κ3) is 2.00. The lowest BCUT2D eigenvalue weighted by atomic mass is 9.92. The highest BCUT2D eigenvalue weighted by Crippen LogP contribution is 2.25. The van der Waals surface area contributed by atoms with Crippen LogP contribution in [0.1, 0.15) is 27.2 Å². The molecule has 1 aromatic carbocycles. The molecule has 0 unspecified atom stereocenters. The first-order valence-corrected chi connectivity index (χ1v) is 6.64. The summed E-state index contributed by atoms with van der Waals surface area (Å²) in [5.41, 5.74) is 3.59. The molecule has 0 atom stereocenters. The number of ketones is 1. The van der Waals surface area contributed by atoms with Crippen LogP contribution >= 0.6 is 0 Å². The second-order valence-electron chi connectivity index (χ2n) is 4.88. The average Bonchev–Trinajstić information content (AvgIpc) is 2.87. The number of nitrogens with one attached hydrogen (secondary N) is 1. The number of fused-ring (bicyclic) bond motifs is 1. The van der Waals surface area contributed by atoms with Gasteiger partial charge < -0.3 is 10.1 Å². The van der Waals surface area contributed by atoms with Crippen LogP contribution in [0.5, 0.6) is 5.75 Å². The molecule has 1 N–H and O–H groups in total. The summed E-state index contributed by atoms with van der Waals surface area (Å²) in [6.07, 6.45) is 2.45. The van der Waals surface area contributed by atoms with Gasteiger partial charge in [0.05, 0.1) is 13.3 Å². The van der Waals surface area contributed by atoms with Crippen molar-refractivity contribution < 1.29 is 9.53 Å². The molecule has 2 aromatic rings. The van der Waals surface area contributed by atoms with Crippen molar-refractivity contribution in [1.29, 1.82) is 0 Å². The van der Waals surface area contributed by atoms with Crippen LogP contribution in [0.3, 0.4) is 0 Å². The molecular weight excluding hydrogens is 254 g/mol. The van der Waals surface area contributed by atoms with E-state index in [-0.39, 0.29) is 5.78 Å². The van der Waals surface area contributed by atoms with E-state index in [0.717, 1.165) is 30.6 Å². The van der Waals surface area contributed by atoms with Crippen molar-refractivity contribution >= 4 is 5.78 Å². The van der Waals surface area contributed by atoms with Crippen molar-refractivity contribution in [2.24, 2.45) is 7.05 Å². The summed E-state index contributed by atoms with van der Waals surface area (Å²) >= 11 is 0. The fourth-order valence-corrected chi connectivity index (χ4v) is 2.70. The molecular formula is C15H17N3O2. The molecule has 0 saturated carbocycles. The molecule has 3 rings (SSSR count). The van der Waals surface area contributed by atoms with Crippen molar-refractivity contribution in [1.82, 2.24) is 15.1 Å². The topological polar surface area (TPSA) is 56.2 Å². The van der Waals surface area contributed by atoms with Gasteiger partial charge in [-0.1, -0.05) is 18.2 Å². The Morgan fingerprint density at radius 2 is 2.30 bits per heavy atom. The molecule has 0 aliphatic carbocycles. The van der Waals surface area contributed by atoms with E-state index in [4.69, 9.17) is 4.74 Å². The third-order valence-corrected chi connectivity index (χ3v) is 3.73. The fraction of sp³-hybridized carbons (Fsp3) is 0.333. The summed E-state index contributed by atoms with van der Waals surface area (Å²) in [6, 6.07) is 5.89. The van der Waals surface area contributed by atoms with Crippen molar-refractivity contribution in [3.05, 3.63) is 46.8 Å². The van der Waals surface area contributed by atoms with E-state index < -0.39 is 0 Å². The molecule has 1 aliphatic rings. The number of rotatable bonds is 3. The van der Waals surface area contributed by atoms with Gasteiger partial charge in [0.15, 0.2) is 11.4 Å². The second kappa shape index (κ2) is 5.09. The molecule has 5 nitrogen and oxygen atoms in total. The quantitative estimate of drug-likeness (QED) is 0.855. The molecule has 0 radical (unpaired) electrons. The van der Waals surface area contributed by atoms with E-state index in [9.17, 15) is 4.79 Å². The monoisotopic (exact) mass is 271 g/mol. The predicted octanol–water partition coefficient (Wildman–Crippen LogP) is 1.31. The smallest absolute Gasteiger partial charge is 0.215 e. The van der Waals surface area contributed by atoms with Crippen LogP contribution in [0.4, 0.5) is 0 Å². The van der Waals surface area contributed by atoms with Gasteiger partial charge in [-0.25, -0.2) is 0 Å². The normalized spacial score (nSPS) is 13.9. The van der Waals surface area contributed by atoms with Crippen molar-refractivity contribution in [3.63, 3.8) is 0 Å². The molecule has 0 amide bonds. The molecule has 2 heterocycles. The lowest BCUT2D eigenvalue weighted by molar-refractivity contribution is 0.102. The van der Waals surface area contributed by atoms with Gasteiger partial charge in [-0.05, 0) is 24.1 Å². The molecule has 1 aliphatic heterocycles. The van der Waals surface area contributed by atoms with Gasteiger partial charge in [0, 0.05) is 19.2 Å². The van der Waals surface area contributed by atoms with E-state index in [1.807, 2.05) is 12.1 Å². The predicted molar refractivity (Wildman–Crippen MR) is 75.0 cm³/mol. The van der Waals surface area contributed by atoms with E-state index in [2.05, 4.69) is 16.5 Å². The number of carbonyl (C=O) groups is 1. The molecule has 0 bridgehead atoms. The summed E-state index contributed by atoms with van der Waals surface area (Å²) in [7, 11) is 3.31. The Labute approximate surface area is 117 Å². The van der Waals surface area contributed by atoms with Crippen LogP contribution in [0.25, 0.3) is 0 Å². The van der Waals surface area contributed by atoms with Gasteiger partial charge in [0.1, 0.15) is 0 Å². The minimum atomic E-state index is -0.0272. The first-order chi connectivity index (χ1) is 9.72. The Morgan fingerprint density at radius 1 is 1.45 bits per heavy atom. The van der Waals surface area contributed by atoms with Gasteiger partial charge in [-0.15, -0.1) is 0 Å². The van der Waals surface area contributed by atoms with Crippen molar-refractivity contribution in [2.45, 2.75) is 13.0 Å². The second-order valence-corrected chi connectivity index (χ2v) is 4.88. The summed E-state index contributed by atoms with van der Waals surface area (Å²) in [6.45, 7) is 1.72. The summed E-state index contributed by atoms with van der Waals surface area (Å²) in [4.78, 5) is 12.8. The summed E-state index contributed by atoms with van der Waals surface area (Å²) in [5.74, 6) is 0.490. The van der Waals surface area contributed by atoms with E-state index in [1.54, 1.807) is 25.0 Å². The maximum absolute atomic E-state index is 12.8. The van der Waals surface area contributed by atoms with Crippen LogP contribution in [0, 0.1) is 0 Å². The maximum atomic E-state index is 12.8. The largest absolute Gasteiger partial charge is 0.493 e. The fourth-order valence-electron chi connectivity index (χ4n) is 2.70. The molecule has 0 spiro atoms. The average molecular weight is 271 g/mol. The van der Waals surface area contributed by atoms with E-state index in [1.165, 1.54) is 5.56 Å². The zero-order chi connectivity index (χ0) is 14.1. The van der Waals surface area contributed by atoms with Crippen LogP contribution in [-0.2, 0) is 20.0 Å². The number of methoxy groups -OCH3 is 1. The Morgan fingerprint density at radius 3 is 3.10 bits per heavy atom. The zero-order valence-corrected chi connectivity index (χ0v) is 11.6. The number of ether oxygens (including phenoxy) is 1. The van der Waals surface area contributed by atoms with Crippen LogP contribution < -0.4 is 10.1 Å².